The minimum atomic E-state index is -0.434. The van der Waals surface area contributed by atoms with Gasteiger partial charge in [0.1, 0.15) is 5.33 Å². The predicted octanol–water partition coefficient (Wildman–Crippen LogP) is 2.68. The largest absolute Gasteiger partial charge is 0.463 e. The molecule has 0 aliphatic heterocycles. The third-order valence-corrected chi connectivity index (χ3v) is 5.62. The molecular formula is C15H21BrO4. The summed E-state index contributed by atoms with van der Waals surface area (Å²) in [6, 6.07) is 0. The summed E-state index contributed by atoms with van der Waals surface area (Å²) in [6.45, 7) is 0.248. The highest BCUT2D eigenvalue weighted by Gasteiger charge is 2.51. The van der Waals surface area contributed by atoms with Crippen LogP contribution in [0.2, 0.25) is 0 Å². The number of esters is 2. The fourth-order valence-corrected chi connectivity index (χ4v) is 5.08. The molecule has 4 fully saturated rings. The van der Waals surface area contributed by atoms with E-state index in [4.69, 9.17) is 9.47 Å². The smallest absolute Gasteiger partial charge is 0.344 e. The summed E-state index contributed by atoms with van der Waals surface area (Å²) in [7, 11) is 0. The molecule has 0 N–H and O–H groups in total. The van der Waals surface area contributed by atoms with Crippen LogP contribution in [0.4, 0.5) is 0 Å². The van der Waals surface area contributed by atoms with Crippen molar-refractivity contribution in [1.29, 1.82) is 0 Å². The van der Waals surface area contributed by atoms with Crippen LogP contribution < -0.4 is 0 Å². The number of carbonyl (C=O) groups excluding carboxylic acids is 2. The van der Waals surface area contributed by atoms with E-state index in [0.717, 1.165) is 17.8 Å². The lowest BCUT2D eigenvalue weighted by molar-refractivity contribution is -0.165. The van der Waals surface area contributed by atoms with Gasteiger partial charge in [0.05, 0.1) is 6.61 Å². The van der Waals surface area contributed by atoms with Crippen LogP contribution in [0, 0.1) is 23.2 Å². The SMILES string of the molecule is O=C(CBr)OCC(=O)OCC12CC3CC(CC(C3)C1)C2. The fraction of sp³-hybridized carbons (Fsp3) is 0.867. The molecule has 0 aromatic rings. The van der Waals surface area contributed by atoms with Crippen molar-refractivity contribution in [3.05, 3.63) is 0 Å². The van der Waals surface area contributed by atoms with Crippen LogP contribution in [0.5, 0.6) is 0 Å². The van der Waals surface area contributed by atoms with E-state index in [1.165, 1.54) is 38.5 Å². The second kappa shape index (κ2) is 5.66. The molecule has 4 nitrogen and oxygen atoms in total. The highest BCUT2D eigenvalue weighted by molar-refractivity contribution is 9.09. The van der Waals surface area contributed by atoms with Gasteiger partial charge in [-0.2, -0.15) is 0 Å². The lowest BCUT2D eigenvalue weighted by Gasteiger charge is -2.56. The zero-order valence-electron chi connectivity index (χ0n) is 11.6. The third kappa shape index (κ3) is 3.02. The maximum atomic E-state index is 11.6. The third-order valence-electron chi connectivity index (χ3n) is 5.16. The second-order valence-corrected chi connectivity index (χ2v) is 7.43. The van der Waals surface area contributed by atoms with Gasteiger partial charge in [0, 0.05) is 5.41 Å². The number of halogens is 1. The van der Waals surface area contributed by atoms with Crippen LogP contribution in [0.1, 0.15) is 38.5 Å². The maximum Gasteiger partial charge on any atom is 0.344 e. The molecule has 0 radical (unpaired) electrons. The number of hydrogen-bond acceptors (Lipinski definition) is 4. The topological polar surface area (TPSA) is 52.6 Å². The Kier molecular flexibility index (Phi) is 4.07. The van der Waals surface area contributed by atoms with E-state index in [0.29, 0.717) is 6.61 Å². The molecule has 0 saturated heterocycles. The van der Waals surface area contributed by atoms with Gasteiger partial charge in [0.2, 0.25) is 0 Å². The average molecular weight is 345 g/mol. The highest BCUT2D eigenvalue weighted by Crippen LogP contribution is 2.60. The van der Waals surface area contributed by atoms with E-state index in [9.17, 15) is 9.59 Å². The van der Waals surface area contributed by atoms with Crippen molar-refractivity contribution in [2.24, 2.45) is 23.2 Å². The van der Waals surface area contributed by atoms with E-state index in [1.807, 2.05) is 0 Å². The van der Waals surface area contributed by atoms with Crippen LogP contribution in [-0.4, -0.2) is 30.5 Å². The first-order valence-electron chi connectivity index (χ1n) is 7.46. The van der Waals surface area contributed by atoms with Crippen LogP contribution in [0.25, 0.3) is 0 Å². The quantitative estimate of drug-likeness (QED) is 0.568. The van der Waals surface area contributed by atoms with Crippen LogP contribution >= 0.6 is 15.9 Å². The van der Waals surface area contributed by atoms with Crippen molar-refractivity contribution in [1.82, 2.24) is 0 Å². The van der Waals surface area contributed by atoms with E-state index < -0.39 is 11.9 Å². The Bertz CT molecular complexity index is 371. The van der Waals surface area contributed by atoms with Gasteiger partial charge in [-0.05, 0) is 56.3 Å². The van der Waals surface area contributed by atoms with Crippen LogP contribution in [-0.2, 0) is 19.1 Å². The lowest BCUT2D eigenvalue weighted by atomic mass is 9.50. The van der Waals surface area contributed by atoms with Gasteiger partial charge in [0.15, 0.2) is 6.61 Å². The number of carbonyl (C=O) groups is 2. The normalized spacial score (nSPS) is 37.8. The molecular weight excluding hydrogens is 324 g/mol. The van der Waals surface area contributed by atoms with Gasteiger partial charge in [-0.3, -0.25) is 4.79 Å². The fourth-order valence-electron chi connectivity index (χ4n) is 4.92. The standard InChI is InChI=1S/C15H21BrO4/c16-7-13(17)19-8-14(18)20-9-15-4-10-1-11(5-15)3-12(2-10)6-15/h10-12H,1-9H2. The summed E-state index contributed by atoms with van der Waals surface area (Å²) < 4.78 is 10.2. The summed E-state index contributed by atoms with van der Waals surface area (Å²) in [4.78, 5) is 22.6. The van der Waals surface area contributed by atoms with Crippen LogP contribution in [0.15, 0.2) is 0 Å². The molecule has 0 amide bonds. The van der Waals surface area contributed by atoms with Crippen molar-refractivity contribution in [3.63, 3.8) is 0 Å². The Labute approximate surface area is 127 Å². The first-order valence-corrected chi connectivity index (χ1v) is 8.58. The molecule has 0 heterocycles. The molecule has 4 saturated carbocycles. The van der Waals surface area contributed by atoms with Crippen molar-refractivity contribution < 1.29 is 19.1 Å². The molecule has 4 bridgehead atoms. The maximum absolute atomic E-state index is 11.6. The van der Waals surface area contributed by atoms with Crippen molar-refractivity contribution in [3.8, 4) is 0 Å². The number of hydrogen-bond donors (Lipinski definition) is 0. The predicted molar refractivity (Wildman–Crippen MR) is 76.3 cm³/mol. The molecule has 20 heavy (non-hydrogen) atoms. The first kappa shape index (κ1) is 14.4. The number of alkyl halides is 1. The van der Waals surface area contributed by atoms with E-state index in [1.54, 1.807) is 0 Å². The van der Waals surface area contributed by atoms with E-state index in [2.05, 4.69) is 15.9 Å². The molecule has 4 rings (SSSR count). The molecule has 5 heteroatoms. The van der Waals surface area contributed by atoms with Gasteiger partial charge >= 0.3 is 11.9 Å². The summed E-state index contributed by atoms with van der Waals surface area (Å²) >= 11 is 2.99. The van der Waals surface area contributed by atoms with E-state index >= 15 is 0 Å². The lowest BCUT2D eigenvalue weighted by Crippen LogP contribution is -2.48. The monoisotopic (exact) mass is 344 g/mol. The van der Waals surface area contributed by atoms with Crippen LogP contribution in [0.3, 0.4) is 0 Å². The summed E-state index contributed by atoms with van der Waals surface area (Å²) in [6.07, 6.45) is 7.80. The van der Waals surface area contributed by atoms with Gasteiger partial charge in [-0.15, -0.1) is 0 Å². The number of ether oxygens (including phenoxy) is 2. The Morgan fingerprint density at radius 3 is 2.00 bits per heavy atom. The summed E-state index contributed by atoms with van der Waals surface area (Å²) in [5.41, 5.74) is 0.226. The zero-order chi connectivity index (χ0) is 14.2. The highest BCUT2D eigenvalue weighted by atomic mass is 79.9. The van der Waals surface area contributed by atoms with E-state index in [-0.39, 0.29) is 17.4 Å². The molecule has 0 atom stereocenters. The van der Waals surface area contributed by atoms with Gasteiger partial charge in [-0.1, -0.05) is 15.9 Å². The molecule has 4 aliphatic rings. The minimum Gasteiger partial charge on any atom is -0.463 e. The van der Waals surface area contributed by atoms with Gasteiger partial charge < -0.3 is 9.47 Å². The Hall–Kier alpha value is -0.580. The first-order chi connectivity index (χ1) is 9.58. The molecule has 112 valence electrons. The Morgan fingerprint density at radius 2 is 1.50 bits per heavy atom. The minimum absolute atomic E-state index is 0.106. The Morgan fingerprint density at radius 1 is 0.950 bits per heavy atom. The van der Waals surface area contributed by atoms with Crippen molar-refractivity contribution in [2.75, 3.05) is 18.5 Å². The Balaban J connectivity index is 1.48. The molecule has 0 unspecified atom stereocenters. The molecule has 0 aromatic heterocycles. The van der Waals surface area contributed by atoms with Gasteiger partial charge in [0.25, 0.3) is 0 Å². The van der Waals surface area contributed by atoms with Crippen molar-refractivity contribution in [2.45, 2.75) is 38.5 Å². The molecule has 4 aliphatic carbocycles. The number of rotatable bonds is 5. The zero-order valence-corrected chi connectivity index (χ0v) is 13.2. The molecule has 0 aromatic carbocycles. The van der Waals surface area contributed by atoms with Gasteiger partial charge in [-0.25, -0.2) is 4.79 Å². The molecule has 0 spiro atoms. The summed E-state index contributed by atoms with van der Waals surface area (Å²) in [5, 5.41) is 0.106. The summed E-state index contributed by atoms with van der Waals surface area (Å²) in [5.74, 6) is 1.70. The average Bonchev–Trinajstić information content (AvgIpc) is 2.41. The van der Waals surface area contributed by atoms with Crippen molar-refractivity contribution >= 4 is 27.9 Å². The second-order valence-electron chi connectivity index (χ2n) is 6.87.